The fraction of sp³-hybridized carbons (Fsp3) is 0.222. The van der Waals surface area contributed by atoms with Crippen molar-refractivity contribution in [2.75, 3.05) is 5.32 Å². The van der Waals surface area contributed by atoms with Gasteiger partial charge >= 0.3 is 0 Å². The average Bonchev–Trinajstić information content (AvgIpc) is 2.76. The summed E-state index contributed by atoms with van der Waals surface area (Å²) in [7, 11) is 0. The summed E-state index contributed by atoms with van der Waals surface area (Å²) in [5.74, 6) is 1.44. The molecule has 0 bridgehead atoms. The molecule has 0 aliphatic heterocycles. The molecule has 2 aromatic rings. The molecule has 2 rings (SSSR count). The summed E-state index contributed by atoms with van der Waals surface area (Å²) in [4.78, 5) is 4.26. The molecule has 0 saturated heterocycles. The largest absolute Gasteiger partial charge is 0.444 e. The maximum absolute atomic E-state index is 5.43. The fourth-order valence-corrected chi connectivity index (χ4v) is 1.76. The number of nitrogens with two attached hydrogens (primary N) is 1. The topological polar surface area (TPSA) is 64.1 Å². The van der Waals surface area contributed by atoms with Crippen LogP contribution in [0.3, 0.4) is 0 Å². The second kappa shape index (κ2) is 3.81. The molecule has 0 aromatic carbocycles. The number of hydrogen-bond acceptors (Lipinski definition) is 5. The number of aromatic nitrogens is 1. The van der Waals surface area contributed by atoms with Gasteiger partial charge in [-0.2, -0.15) is 0 Å². The summed E-state index contributed by atoms with van der Waals surface area (Å²) < 4.78 is 5.38. The predicted octanol–water partition coefficient (Wildman–Crippen LogP) is 2.25. The molecule has 0 aliphatic carbocycles. The van der Waals surface area contributed by atoms with Crippen molar-refractivity contribution in [3.8, 4) is 0 Å². The Morgan fingerprint density at radius 2 is 2.43 bits per heavy atom. The highest BCUT2D eigenvalue weighted by Crippen LogP contribution is 2.22. The van der Waals surface area contributed by atoms with Gasteiger partial charge in [0.1, 0.15) is 5.76 Å². The first-order chi connectivity index (χ1) is 6.78. The van der Waals surface area contributed by atoms with Gasteiger partial charge in [0, 0.05) is 11.4 Å². The van der Waals surface area contributed by atoms with Crippen LogP contribution in [0, 0.1) is 6.92 Å². The molecule has 0 atom stereocenters. The van der Waals surface area contributed by atoms with Gasteiger partial charge in [0.25, 0.3) is 0 Å². The fourth-order valence-electron chi connectivity index (χ4n) is 1.07. The first kappa shape index (κ1) is 9.23. The smallest absolute Gasteiger partial charge is 0.199 e. The molecule has 0 saturated carbocycles. The third kappa shape index (κ3) is 1.94. The van der Waals surface area contributed by atoms with Crippen LogP contribution in [0.2, 0.25) is 0 Å². The lowest BCUT2D eigenvalue weighted by Crippen LogP contribution is -1.93. The van der Waals surface area contributed by atoms with Crippen molar-refractivity contribution in [2.24, 2.45) is 5.73 Å². The van der Waals surface area contributed by atoms with Crippen molar-refractivity contribution in [1.29, 1.82) is 0 Å². The number of rotatable bonds is 3. The van der Waals surface area contributed by atoms with Crippen molar-refractivity contribution >= 4 is 22.4 Å². The number of nitrogens with one attached hydrogen (secondary N) is 1. The van der Waals surface area contributed by atoms with Crippen molar-refractivity contribution in [3.05, 3.63) is 29.0 Å². The normalized spacial score (nSPS) is 10.4. The van der Waals surface area contributed by atoms with Gasteiger partial charge in [-0.05, 0) is 13.0 Å². The Balaban J connectivity index is 2.10. The standard InChI is InChI=1S/C9H11N3OS/c1-6-5-14-9(11-6)12-8-3-2-7(4-10)13-8/h2-3,5H,4,10H2,1H3,(H,11,12). The number of furan rings is 1. The molecule has 0 amide bonds. The average molecular weight is 209 g/mol. The van der Waals surface area contributed by atoms with Crippen molar-refractivity contribution in [2.45, 2.75) is 13.5 Å². The highest BCUT2D eigenvalue weighted by atomic mass is 32.1. The Labute approximate surface area is 85.8 Å². The van der Waals surface area contributed by atoms with Crippen LogP contribution in [0.25, 0.3) is 0 Å². The van der Waals surface area contributed by atoms with E-state index in [0.29, 0.717) is 12.4 Å². The molecule has 14 heavy (non-hydrogen) atoms. The minimum atomic E-state index is 0.415. The van der Waals surface area contributed by atoms with Gasteiger partial charge in [-0.3, -0.25) is 0 Å². The molecular formula is C9H11N3OS. The van der Waals surface area contributed by atoms with Crippen LogP contribution in [-0.4, -0.2) is 4.98 Å². The van der Waals surface area contributed by atoms with Gasteiger partial charge in [-0.1, -0.05) is 0 Å². The SMILES string of the molecule is Cc1csc(Nc2ccc(CN)o2)n1. The molecule has 3 N–H and O–H groups in total. The third-order valence-corrected chi connectivity index (χ3v) is 2.59. The lowest BCUT2D eigenvalue weighted by atomic mass is 10.5. The Hall–Kier alpha value is -1.33. The van der Waals surface area contributed by atoms with E-state index in [2.05, 4.69) is 10.3 Å². The molecule has 2 heterocycles. The quantitative estimate of drug-likeness (QED) is 0.813. The van der Waals surface area contributed by atoms with Gasteiger partial charge in [0.15, 0.2) is 11.0 Å². The second-order valence-electron chi connectivity index (χ2n) is 2.89. The van der Waals surface area contributed by atoms with E-state index >= 15 is 0 Å². The molecule has 0 unspecified atom stereocenters. The van der Waals surface area contributed by atoms with Crippen molar-refractivity contribution in [3.63, 3.8) is 0 Å². The van der Waals surface area contributed by atoms with Crippen LogP contribution < -0.4 is 11.1 Å². The number of aryl methyl sites for hydroxylation is 1. The third-order valence-electron chi connectivity index (χ3n) is 1.71. The van der Waals surface area contributed by atoms with Crippen LogP contribution in [0.1, 0.15) is 11.5 Å². The van der Waals surface area contributed by atoms with Gasteiger partial charge in [0.05, 0.1) is 12.2 Å². The molecule has 4 nitrogen and oxygen atoms in total. The van der Waals surface area contributed by atoms with E-state index in [4.69, 9.17) is 10.2 Å². The van der Waals surface area contributed by atoms with E-state index in [1.54, 1.807) is 11.3 Å². The van der Waals surface area contributed by atoms with E-state index in [1.807, 2.05) is 24.4 Å². The molecule has 0 aliphatic rings. The van der Waals surface area contributed by atoms with Crippen LogP contribution in [0.5, 0.6) is 0 Å². The van der Waals surface area contributed by atoms with E-state index in [1.165, 1.54) is 0 Å². The number of nitrogens with zero attached hydrogens (tertiary/aromatic N) is 1. The predicted molar refractivity (Wildman–Crippen MR) is 56.7 cm³/mol. The second-order valence-corrected chi connectivity index (χ2v) is 3.75. The Bertz CT molecular complexity index is 421. The first-order valence-electron chi connectivity index (χ1n) is 4.26. The molecule has 74 valence electrons. The maximum Gasteiger partial charge on any atom is 0.199 e. The highest BCUT2D eigenvalue weighted by Gasteiger charge is 2.02. The zero-order valence-corrected chi connectivity index (χ0v) is 8.60. The van der Waals surface area contributed by atoms with E-state index < -0.39 is 0 Å². The lowest BCUT2D eigenvalue weighted by Gasteiger charge is -1.96. The number of anilines is 2. The van der Waals surface area contributed by atoms with Gasteiger partial charge in [-0.25, -0.2) is 4.98 Å². The maximum atomic E-state index is 5.43. The van der Waals surface area contributed by atoms with Crippen molar-refractivity contribution in [1.82, 2.24) is 4.98 Å². The summed E-state index contributed by atoms with van der Waals surface area (Å²) in [6.07, 6.45) is 0. The van der Waals surface area contributed by atoms with E-state index in [-0.39, 0.29) is 0 Å². The van der Waals surface area contributed by atoms with Crippen LogP contribution in [0.4, 0.5) is 11.0 Å². The van der Waals surface area contributed by atoms with Crippen LogP contribution in [0.15, 0.2) is 21.9 Å². The minimum absolute atomic E-state index is 0.415. The van der Waals surface area contributed by atoms with Crippen LogP contribution in [-0.2, 0) is 6.54 Å². The Morgan fingerprint density at radius 1 is 1.57 bits per heavy atom. The molecular weight excluding hydrogens is 198 g/mol. The van der Waals surface area contributed by atoms with Gasteiger partial charge < -0.3 is 15.5 Å². The zero-order chi connectivity index (χ0) is 9.97. The number of thiazole rings is 1. The molecule has 5 heteroatoms. The summed E-state index contributed by atoms with van der Waals surface area (Å²) in [6.45, 7) is 2.37. The summed E-state index contributed by atoms with van der Waals surface area (Å²) in [5.41, 5.74) is 6.43. The summed E-state index contributed by atoms with van der Waals surface area (Å²) in [5, 5.41) is 5.88. The molecule has 0 spiro atoms. The van der Waals surface area contributed by atoms with E-state index in [0.717, 1.165) is 16.6 Å². The summed E-state index contributed by atoms with van der Waals surface area (Å²) in [6, 6.07) is 3.70. The Morgan fingerprint density at radius 3 is 3.00 bits per heavy atom. The van der Waals surface area contributed by atoms with Crippen molar-refractivity contribution < 1.29 is 4.42 Å². The number of hydrogen-bond donors (Lipinski definition) is 2. The molecule has 0 fully saturated rings. The first-order valence-corrected chi connectivity index (χ1v) is 5.14. The molecule has 2 aromatic heterocycles. The van der Waals surface area contributed by atoms with Gasteiger partial charge in [-0.15, -0.1) is 11.3 Å². The molecule has 0 radical (unpaired) electrons. The lowest BCUT2D eigenvalue weighted by molar-refractivity contribution is 0.528. The summed E-state index contributed by atoms with van der Waals surface area (Å²) >= 11 is 1.55. The van der Waals surface area contributed by atoms with Gasteiger partial charge in [0.2, 0.25) is 0 Å². The minimum Gasteiger partial charge on any atom is -0.444 e. The van der Waals surface area contributed by atoms with E-state index in [9.17, 15) is 0 Å². The Kier molecular flexibility index (Phi) is 2.51. The van der Waals surface area contributed by atoms with Crippen LogP contribution >= 0.6 is 11.3 Å². The zero-order valence-electron chi connectivity index (χ0n) is 7.78. The monoisotopic (exact) mass is 209 g/mol. The highest BCUT2D eigenvalue weighted by molar-refractivity contribution is 7.13.